The van der Waals surface area contributed by atoms with Gasteiger partial charge in [0, 0.05) is 5.69 Å². The molecule has 1 aromatic heterocycles. The molecule has 1 fully saturated rings. The summed E-state index contributed by atoms with van der Waals surface area (Å²) in [7, 11) is 0. The molecule has 0 spiro atoms. The molecule has 0 amide bonds. The molecule has 3 aromatic rings. The first-order valence-electron chi connectivity index (χ1n) is 9.23. The van der Waals surface area contributed by atoms with Crippen LogP contribution in [0.1, 0.15) is 49.4 Å². The van der Waals surface area contributed by atoms with E-state index >= 15 is 0 Å². The van der Waals surface area contributed by atoms with Gasteiger partial charge in [-0.05, 0) is 42.9 Å². The molecule has 1 aliphatic carbocycles. The van der Waals surface area contributed by atoms with Crippen LogP contribution < -0.4 is 27.1 Å². The van der Waals surface area contributed by atoms with Gasteiger partial charge in [0.05, 0.1) is 6.04 Å². The van der Waals surface area contributed by atoms with E-state index in [-0.39, 0.29) is 28.7 Å². The monoisotopic (exact) mass is 363 g/mol. The van der Waals surface area contributed by atoms with Crippen molar-refractivity contribution in [2.45, 2.75) is 38.1 Å². The molecule has 138 valence electrons. The number of benzene rings is 1. The molecule has 0 aliphatic heterocycles. The van der Waals surface area contributed by atoms with E-state index in [1.54, 1.807) is 6.07 Å². The third kappa shape index (κ3) is 3.30. The van der Waals surface area contributed by atoms with Crippen molar-refractivity contribution in [2.75, 3.05) is 10.6 Å². The van der Waals surface area contributed by atoms with Crippen molar-refractivity contribution < 1.29 is 0 Å². The Kier molecular flexibility index (Phi) is 4.39. The lowest BCUT2D eigenvalue weighted by Gasteiger charge is -2.22. The minimum absolute atomic E-state index is 0.0921. The molecule has 1 saturated carbocycles. The molecule has 3 N–H and O–H groups in total. The van der Waals surface area contributed by atoms with Gasteiger partial charge in [0.2, 0.25) is 0 Å². The lowest BCUT2D eigenvalue weighted by atomic mass is 10.0. The number of hydrogen-bond donors (Lipinski definition) is 3. The summed E-state index contributed by atoms with van der Waals surface area (Å²) in [4.78, 5) is 39.3. The van der Waals surface area contributed by atoms with Crippen LogP contribution >= 0.6 is 0 Å². The van der Waals surface area contributed by atoms with E-state index in [4.69, 9.17) is 0 Å². The van der Waals surface area contributed by atoms with Gasteiger partial charge in [0.1, 0.15) is 17.1 Å². The van der Waals surface area contributed by atoms with E-state index < -0.39 is 10.9 Å². The zero-order valence-electron chi connectivity index (χ0n) is 15.0. The van der Waals surface area contributed by atoms with Crippen LogP contribution in [0.4, 0.5) is 17.1 Å². The normalized spacial score (nSPS) is 14.9. The SMILES string of the molecule is CC[C@@H](Nc1c(Nc2ccc(C3CC3)[nH]c2=O)c(=O)c1=O)c1ccccc1. The van der Waals surface area contributed by atoms with E-state index in [2.05, 4.69) is 15.6 Å². The Labute approximate surface area is 156 Å². The summed E-state index contributed by atoms with van der Waals surface area (Å²) < 4.78 is 0. The van der Waals surface area contributed by atoms with E-state index in [0.29, 0.717) is 5.92 Å². The van der Waals surface area contributed by atoms with Crippen molar-refractivity contribution in [2.24, 2.45) is 0 Å². The fourth-order valence-corrected chi connectivity index (χ4v) is 3.28. The second-order valence-electron chi connectivity index (χ2n) is 6.98. The topological polar surface area (TPSA) is 91.1 Å². The molecule has 0 saturated heterocycles. The minimum Gasteiger partial charge on any atom is -0.373 e. The highest BCUT2D eigenvalue weighted by molar-refractivity contribution is 5.78. The number of hydrogen-bond acceptors (Lipinski definition) is 5. The first-order valence-corrected chi connectivity index (χ1v) is 9.23. The van der Waals surface area contributed by atoms with Crippen LogP contribution in [0.5, 0.6) is 0 Å². The Morgan fingerprint density at radius 2 is 1.70 bits per heavy atom. The second kappa shape index (κ2) is 6.87. The van der Waals surface area contributed by atoms with Gasteiger partial charge in [-0.1, -0.05) is 37.3 Å². The van der Waals surface area contributed by atoms with Crippen molar-refractivity contribution in [3.05, 3.63) is 84.5 Å². The minimum atomic E-state index is -0.605. The van der Waals surface area contributed by atoms with Crippen LogP contribution in [0.3, 0.4) is 0 Å². The van der Waals surface area contributed by atoms with Gasteiger partial charge < -0.3 is 15.6 Å². The second-order valence-corrected chi connectivity index (χ2v) is 6.98. The van der Waals surface area contributed by atoms with Gasteiger partial charge in [-0.2, -0.15) is 0 Å². The fraction of sp³-hybridized carbons (Fsp3) is 0.286. The molecule has 1 heterocycles. The third-order valence-electron chi connectivity index (χ3n) is 5.05. The van der Waals surface area contributed by atoms with Crippen LogP contribution in [-0.2, 0) is 0 Å². The molecular formula is C21H21N3O3. The van der Waals surface area contributed by atoms with Crippen molar-refractivity contribution >= 4 is 17.1 Å². The van der Waals surface area contributed by atoms with Crippen LogP contribution in [0.25, 0.3) is 0 Å². The number of aromatic amines is 1. The highest BCUT2D eigenvalue weighted by atomic mass is 16.2. The van der Waals surface area contributed by atoms with Gasteiger partial charge in [-0.15, -0.1) is 0 Å². The van der Waals surface area contributed by atoms with Gasteiger partial charge in [-0.3, -0.25) is 14.4 Å². The lowest BCUT2D eigenvalue weighted by Crippen LogP contribution is -2.38. The predicted molar refractivity (Wildman–Crippen MR) is 107 cm³/mol. The van der Waals surface area contributed by atoms with Crippen molar-refractivity contribution in [1.82, 2.24) is 4.98 Å². The van der Waals surface area contributed by atoms with Gasteiger partial charge in [0.15, 0.2) is 0 Å². The number of H-pyrrole nitrogens is 1. The number of nitrogens with one attached hydrogen (secondary N) is 3. The molecule has 0 unspecified atom stereocenters. The zero-order valence-corrected chi connectivity index (χ0v) is 15.0. The number of rotatable bonds is 7. The molecule has 1 aliphatic rings. The average Bonchev–Trinajstić information content (AvgIpc) is 3.54. The summed E-state index contributed by atoms with van der Waals surface area (Å²) in [6.07, 6.45) is 2.93. The molecule has 4 rings (SSSR count). The molecule has 0 radical (unpaired) electrons. The Hall–Kier alpha value is -3.15. The van der Waals surface area contributed by atoms with Crippen LogP contribution in [0.2, 0.25) is 0 Å². The number of pyridine rings is 1. The molecule has 2 aromatic carbocycles. The summed E-state index contributed by atoms with van der Waals surface area (Å²) >= 11 is 0. The van der Waals surface area contributed by atoms with E-state index in [1.807, 2.05) is 43.3 Å². The maximum absolute atomic E-state index is 12.3. The largest absolute Gasteiger partial charge is 0.373 e. The number of aromatic nitrogens is 1. The maximum atomic E-state index is 12.3. The average molecular weight is 363 g/mol. The first-order chi connectivity index (χ1) is 13.1. The summed E-state index contributed by atoms with van der Waals surface area (Å²) in [5.41, 5.74) is 1.16. The molecule has 0 bridgehead atoms. The Bertz CT molecular complexity index is 1090. The van der Waals surface area contributed by atoms with Crippen molar-refractivity contribution in [3.8, 4) is 0 Å². The van der Waals surface area contributed by atoms with Crippen molar-refractivity contribution in [1.29, 1.82) is 0 Å². The summed E-state index contributed by atoms with van der Waals surface area (Å²) in [5, 5.41) is 6.01. The predicted octanol–water partition coefficient (Wildman–Crippen LogP) is 3.16. The highest BCUT2D eigenvalue weighted by Gasteiger charge is 2.26. The Morgan fingerprint density at radius 3 is 2.33 bits per heavy atom. The summed E-state index contributed by atoms with van der Waals surface area (Å²) in [6, 6.07) is 13.2. The van der Waals surface area contributed by atoms with Crippen molar-refractivity contribution in [3.63, 3.8) is 0 Å². The fourth-order valence-electron chi connectivity index (χ4n) is 3.28. The van der Waals surface area contributed by atoms with E-state index in [1.165, 1.54) is 0 Å². The first kappa shape index (κ1) is 17.3. The van der Waals surface area contributed by atoms with E-state index in [0.717, 1.165) is 30.5 Å². The molecular weight excluding hydrogens is 342 g/mol. The zero-order chi connectivity index (χ0) is 19.0. The standard InChI is InChI=1S/C21H21N3O3/c1-2-14(12-6-4-3-5-7-12)22-17-18(20(26)19(17)25)23-16-11-10-15(13-8-9-13)24-21(16)27/h3-7,10-11,13-14,22-23H,2,8-9H2,1H3,(H,24,27)/t14-/m1/s1. The van der Waals surface area contributed by atoms with E-state index in [9.17, 15) is 14.4 Å². The lowest BCUT2D eigenvalue weighted by molar-refractivity contribution is 0.747. The molecule has 27 heavy (non-hydrogen) atoms. The third-order valence-corrected chi connectivity index (χ3v) is 5.05. The molecule has 6 heteroatoms. The van der Waals surface area contributed by atoms with Crippen LogP contribution in [-0.4, -0.2) is 4.98 Å². The summed E-state index contributed by atoms with van der Waals surface area (Å²) in [6.45, 7) is 2.00. The van der Waals surface area contributed by atoms with Crippen LogP contribution in [0.15, 0.2) is 56.8 Å². The number of anilines is 3. The summed E-state index contributed by atoms with van der Waals surface area (Å²) in [5.74, 6) is 0.436. The molecule has 6 nitrogen and oxygen atoms in total. The smallest absolute Gasteiger partial charge is 0.271 e. The van der Waals surface area contributed by atoms with Crippen LogP contribution in [0, 0.1) is 0 Å². The Balaban J connectivity index is 1.58. The van der Waals surface area contributed by atoms with Gasteiger partial charge >= 0.3 is 0 Å². The Morgan fingerprint density at radius 1 is 1.00 bits per heavy atom. The van der Waals surface area contributed by atoms with Gasteiger partial charge in [0.25, 0.3) is 16.4 Å². The maximum Gasteiger partial charge on any atom is 0.271 e. The quantitative estimate of drug-likeness (QED) is 0.561. The molecule has 1 atom stereocenters. The highest BCUT2D eigenvalue weighted by Crippen LogP contribution is 2.38. The van der Waals surface area contributed by atoms with Gasteiger partial charge in [-0.25, -0.2) is 0 Å².